The first-order chi connectivity index (χ1) is 15.5. The fourth-order valence-corrected chi connectivity index (χ4v) is 4.82. The molecule has 1 saturated heterocycles. The van der Waals surface area contributed by atoms with E-state index in [4.69, 9.17) is 4.98 Å². The Balaban J connectivity index is 1.48. The summed E-state index contributed by atoms with van der Waals surface area (Å²) in [4.78, 5) is 26.4. The van der Waals surface area contributed by atoms with Crippen LogP contribution in [0.25, 0.3) is 11.1 Å². The molecule has 0 spiro atoms. The molecule has 1 atom stereocenters. The molecular weight excluding hydrogens is 407 g/mol. The third-order valence-electron chi connectivity index (χ3n) is 6.45. The summed E-state index contributed by atoms with van der Waals surface area (Å²) in [6.45, 7) is 1.27. The molecule has 5 rings (SSSR count). The normalized spacial score (nSPS) is 18.0. The lowest BCUT2D eigenvalue weighted by atomic mass is 9.89. The van der Waals surface area contributed by atoms with E-state index < -0.39 is 0 Å². The van der Waals surface area contributed by atoms with Crippen LogP contribution in [-0.4, -0.2) is 58.2 Å². The van der Waals surface area contributed by atoms with Gasteiger partial charge in [-0.05, 0) is 49.8 Å². The molecule has 32 heavy (non-hydrogen) atoms. The zero-order chi connectivity index (χ0) is 22.2. The van der Waals surface area contributed by atoms with E-state index in [1.165, 1.54) is 12.1 Å². The summed E-state index contributed by atoms with van der Waals surface area (Å²) in [5.41, 5.74) is 5.17. The van der Waals surface area contributed by atoms with Crippen LogP contribution in [0.3, 0.4) is 0 Å². The number of halogens is 1. The van der Waals surface area contributed by atoms with E-state index >= 15 is 0 Å². The van der Waals surface area contributed by atoms with E-state index in [0.717, 1.165) is 60.2 Å². The molecule has 3 heterocycles. The topological polar surface area (TPSA) is 78.0 Å². The van der Waals surface area contributed by atoms with Crippen LogP contribution in [0.4, 0.5) is 10.3 Å². The van der Waals surface area contributed by atoms with Gasteiger partial charge in [0.1, 0.15) is 5.82 Å². The van der Waals surface area contributed by atoms with Crippen LogP contribution in [0.1, 0.15) is 52.6 Å². The molecule has 166 valence electrons. The Kier molecular flexibility index (Phi) is 5.36. The maximum Gasteiger partial charge on any atom is 0.274 e. The number of aromatic amines is 1. The van der Waals surface area contributed by atoms with Crippen LogP contribution in [0.2, 0.25) is 0 Å². The molecule has 1 fully saturated rings. The highest BCUT2D eigenvalue weighted by molar-refractivity contribution is 5.94. The van der Waals surface area contributed by atoms with Crippen LogP contribution in [-0.2, 0) is 12.8 Å². The molecule has 7 nitrogen and oxygen atoms in total. The Morgan fingerprint density at radius 3 is 2.94 bits per heavy atom. The molecule has 0 radical (unpaired) electrons. The number of hydrogen-bond acceptors (Lipinski definition) is 5. The minimum absolute atomic E-state index is 0.0108. The highest BCUT2D eigenvalue weighted by atomic mass is 19.1. The molecular formula is C24H27FN6O. The van der Waals surface area contributed by atoms with Gasteiger partial charge in [-0.3, -0.25) is 9.89 Å². The molecule has 1 unspecified atom stereocenters. The quantitative estimate of drug-likeness (QED) is 0.679. The van der Waals surface area contributed by atoms with Crippen LogP contribution >= 0.6 is 0 Å². The van der Waals surface area contributed by atoms with E-state index in [2.05, 4.69) is 15.2 Å². The Labute approximate surface area is 186 Å². The Morgan fingerprint density at radius 2 is 2.12 bits per heavy atom. The number of piperidine rings is 1. The van der Waals surface area contributed by atoms with Gasteiger partial charge < -0.3 is 9.80 Å². The molecule has 1 aliphatic carbocycles. The summed E-state index contributed by atoms with van der Waals surface area (Å²) < 4.78 is 14.0. The second kappa shape index (κ2) is 8.33. The highest BCUT2D eigenvalue weighted by Gasteiger charge is 2.32. The van der Waals surface area contributed by atoms with Crippen molar-refractivity contribution in [1.82, 2.24) is 25.1 Å². The molecule has 1 aromatic carbocycles. The maximum absolute atomic E-state index is 14.0. The number of hydrogen-bond donors (Lipinski definition) is 1. The first-order valence-electron chi connectivity index (χ1n) is 11.2. The first kappa shape index (κ1) is 20.6. The zero-order valence-corrected chi connectivity index (χ0v) is 18.4. The summed E-state index contributed by atoms with van der Waals surface area (Å²) in [7, 11) is 3.80. The maximum atomic E-state index is 14.0. The third-order valence-corrected chi connectivity index (χ3v) is 6.45. The van der Waals surface area contributed by atoms with E-state index in [0.29, 0.717) is 24.7 Å². The number of aromatic nitrogens is 4. The van der Waals surface area contributed by atoms with Crippen molar-refractivity contribution in [3.05, 3.63) is 58.9 Å². The molecule has 0 saturated carbocycles. The minimum atomic E-state index is -0.294. The number of aryl methyl sites for hydroxylation is 1. The van der Waals surface area contributed by atoms with Gasteiger partial charge >= 0.3 is 0 Å². The van der Waals surface area contributed by atoms with E-state index in [1.54, 1.807) is 12.3 Å². The van der Waals surface area contributed by atoms with E-state index in [1.807, 2.05) is 30.0 Å². The Morgan fingerprint density at radius 1 is 1.25 bits per heavy atom. The van der Waals surface area contributed by atoms with Gasteiger partial charge in [0.2, 0.25) is 5.95 Å². The number of nitrogens with one attached hydrogen (secondary N) is 1. The second-order valence-electron chi connectivity index (χ2n) is 8.85. The second-order valence-corrected chi connectivity index (χ2v) is 8.85. The average Bonchev–Trinajstić information content (AvgIpc) is 3.42. The van der Waals surface area contributed by atoms with Crippen molar-refractivity contribution in [2.24, 2.45) is 0 Å². The van der Waals surface area contributed by atoms with Gasteiger partial charge in [-0.15, -0.1) is 0 Å². The predicted octanol–water partition coefficient (Wildman–Crippen LogP) is 3.58. The summed E-state index contributed by atoms with van der Waals surface area (Å²) >= 11 is 0. The number of nitrogens with zero attached hydrogens (tertiary/aromatic N) is 5. The molecule has 2 aliphatic rings. The summed E-state index contributed by atoms with van der Waals surface area (Å²) in [6.07, 6.45) is 6.50. The number of likely N-dealkylation sites (tertiary alicyclic amines) is 1. The van der Waals surface area contributed by atoms with Gasteiger partial charge in [0, 0.05) is 56.1 Å². The number of benzene rings is 1. The molecule has 1 amide bonds. The Hall–Kier alpha value is -3.29. The first-order valence-corrected chi connectivity index (χ1v) is 11.2. The van der Waals surface area contributed by atoms with Gasteiger partial charge in [0.25, 0.3) is 5.91 Å². The standard InChI is InChI=1S/C24H27FN6O/c1-30(2)24-26-13-19(15-6-3-8-17(25)12-15)21(27-24)16-7-5-11-31(14-16)23(32)22-18-9-4-10-20(18)28-29-22/h3,6,8,12-13,16H,4-5,7,9-11,14H2,1-2H3,(H,28,29). The molecule has 1 N–H and O–H groups in total. The number of fused-ring (bicyclic) bond motifs is 1. The van der Waals surface area contributed by atoms with Gasteiger partial charge in [-0.25, -0.2) is 14.4 Å². The number of rotatable bonds is 4. The smallest absolute Gasteiger partial charge is 0.274 e. The fourth-order valence-electron chi connectivity index (χ4n) is 4.82. The lowest BCUT2D eigenvalue weighted by molar-refractivity contribution is 0.0699. The fraction of sp³-hybridized carbons (Fsp3) is 0.417. The molecule has 1 aliphatic heterocycles. The van der Waals surface area contributed by atoms with Crippen LogP contribution in [0.15, 0.2) is 30.5 Å². The lowest BCUT2D eigenvalue weighted by Crippen LogP contribution is -2.40. The van der Waals surface area contributed by atoms with Crippen molar-refractivity contribution in [3.8, 4) is 11.1 Å². The third kappa shape index (κ3) is 3.74. The van der Waals surface area contributed by atoms with Gasteiger partial charge in [-0.2, -0.15) is 5.10 Å². The van der Waals surface area contributed by atoms with Crippen LogP contribution in [0, 0.1) is 5.82 Å². The summed E-state index contributed by atoms with van der Waals surface area (Å²) in [6, 6.07) is 6.51. The van der Waals surface area contributed by atoms with Crippen molar-refractivity contribution < 1.29 is 9.18 Å². The largest absolute Gasteiger partial charge is 0.347 e. The van der Waals surface area contributed by atoms with E-state index in [-0.39, 0.29) is 17.6 Å². The number of carbonyl (C=O) groups is 1. The summed E-state index contributed by atoms with van der Waals surface area (Å²) in [5, 5.41) is 7.38. The lowest BCUT2D eigenvalue weighted by Gasteiger charge is -2.33. The SMILES string of the molecule is CN(C)c1ncc(-c2cccc(F)c2)c(C2CCCN(C(=O)c3n[nH]c4c3CCC4)C2)n1. The van der Waals surface area contributed by atoms with Crippen LogP contribution in [0.5, 0.6) is 0 Å². The van der Waals surface area contributed by atoms with Crippen molar-refractivity contribution >= 4 is 11.9 Å². The van der Waals surface area contributed by atoms with Gasteiger partial charge in [0.05, 0.1) is 5.69 Å². The van der Waals surface area contributed by atoms with Crippen LogP contribution < -0.4 is 4.90 Å². The van der Waals surface area contributed by atoms with E-state index in [9.17, 15) is 9.18 Å². The van der Waals surface area contributed by atoms with Crippen molar-refractivity contribution in [1.29, 1.82) is 0 Å². The highest BCUT2D eigenvalue weighted by Crippen LogP contribution is 2.35. The number of carbonyl (C=O) groups excluding carboxylic acids is 1. The number of amides is 1. The number of H-pyrrole nitrogens is 1. The van der Waals surface area contributed by atoms with Crippen molar-refractivity contribution in [3.63, 3.8) is 0 Å². The Bertz CT molecular complexity index is 1160. The van der Waals surface area contributed by atoms with Crippen molar-refractivity contribution in [2.75, 3.05) is 32.1 Å². The molecule has 0 bridgehead atoms. The molecule has 2 aromatic heterocycles. The zero-order valence-electron chi connectivity index (χ0n) is 18.4. The summed E-state index contributed by atoms with van der Waals surface area (Å²) in [5.74, 6) is 0.342. The van der Waals surface area contributed by atoms with Gasteiger partial charge in [0.15, 0.2) is 5.69 Å². The molecule has 8 heteroatoms. The number of anilines is 1. The average molecular weight is 435 g/mol. The van der Waals surface area contributed by atoms with Crippen molar-refractivity contribution in [2.45, 2.75) is 38.0 Å². The predicted molar refractivity (Wildman–Crippen MR) is 120 cm³/mol. The monoisotopic (exact) mass is 434 g/mol. The van der Waals surface area contributed by atoms with Gasteiger partial charge in [-0.1, -0.05) is 12.1 Å². The minimum Gasteiger partial charge on any atom is -0.347 e. The molecule has 3 aromatic rings.